The first kappa shape index (κ1) is 34.4. The Labute approximate surface area is 244 Å². The summed E-state index contributed by atoms with van der Waals surface area (Å²) in [4.78, 5) is 0. The maximum Gasteiger partial charge on any atom is 0.430 e. The Morgan fingerprint density at radius 1 is 0.725 bits per heavy atom. The van der Waals surface area contributed by atoms with Gasteiger partial charge in [-0.3, -0.25) is 0 Å². The third-order valence-electron chi connectivity index (χ3n) is 7.67. The molecule has 3 N–H and O–H groups in total. The second-order valence-electron chi connectivity index (χ2n) is 11.4. The Balaban J connectivity index is 2.00. The summed E-state index contributed by atoms with van der Waals surface area (Å²) in [5.41, 5.74) is 7.82. The van der Waals surface area contributed by atoms with E-state index in [4.69, 9.17) is 14.8 Å². The van der Waals surface area contributed by atoms with Gasteiger partial charge < -0.3 is 19.9 Å². The number of rotatable bonds is 23. The fourth-order valence-electron chi connectivity index (χ4n) is 4.73. The van der Waals surface area contributed by atoms with Crippen LogP contribution in [0.1, 0.15) is 115 Å². The van der Waals surface area contributed by atoms with Crippen LogP contribution in [0.2, 0.25) is 0 Å². The van der Waals surface area contributed by atoms with Gasteiger partial charge in [0.25, 0.3) is 0 Å². The van der Waals surface area contributed by atoms with Gasteiger partial charge in [0.1, 0.15) is 11.5 Å². The molecule has 2 aromatic rings. The topological polar surface area (TPSA) is 81.8 Å². The molecule has 0 heterocycles. The van der Waals surface area contributed by atoms with Crippen LogP contribution in [0, 0.1) is 6.92 Å². The number of hydrogen-bond donors (Lipinski definition) is 2. The van der Waals surface area contributed by atoms with Gasteiger partial charge in [-0.1, -0.05) is 109 Å². The van der Waals surface area contributed by atoms with Gasteiger partial charge in [-0.2, -0.15) is 0 Å². The lowest BCUT2D eigenvalue weighted by Crippen LogP contribution is -2.44. The zero-order chi connectivity index (χ0) is 29.1. The summed E-state index contributed by atoms with van der Waals surface area (Å²) in [5.74, 6) is 1.02. The fraction of sp³-hybridized carbons (Fsp3) is 0.618. The number of aliphatic hydroxyl groups is 1. The van der Waals surface area contributed by atoms with Gasteiger partial charge in [-0.15, -0.1) is 0 Å². The molecule has 0 spiro atoms. The highest BCUT2D eigenvalue weighted by Crippen LogP contribution is 2.50. The van der Waals surface area contributed by atoms with Crippen LogP contribution in [-0.4, -0.2) is 23.4 Å². The van der Waals surface area contributed by atoms with Gasteiger partial charge in [-0.25, -0.2) is 4.57 Å². The molecule has 0 aliphatic rings. The van der Waals surface area contributed by atoms with E-state index in [1.54, 1.807) is 0 Å². The average Bonchev–Trinajstić information content (AvgIpc) is 2.97. The predicted molar refractivity (Wildman–Crippen MR) is 169 cm³/mol. The molecule has 0 aliphatic heterocycles. The number of nitrogens with two attached hydrogens (primary N) is 1. The highest BCUT2D eigenvalue weighted by Gasteiger charge is 2.33. The van der Waals surface area contributed by atoms with Crippen LogP contribution in [0.5, 0.6) is 11.5 Å². The molecule has 0 bridgehead atoms. The molecule has 2 rings (SSSR count). The van der Waals surface area contributed by atoms with Crippen molar-refractivity contribution in [3.63, 3.8) is 0 Å². The van der Waals surface area contributed by atoms with E-state index in [2.05, 4.69) is 20.8 Å². The lowest BCUT2D eigenvalue weighted by molar-refractivity contribution is 0.191. The molecule has 0 saturated carbocycles. The Morgan fingerprint density at radius 2 is 1.12 bits per heavy atom. The van der Waals surface area contributed by atoms with Crippen molar-refractivity contribution in [3.05, 3.63) is 66.6 Å². The summed E-state index contributed by atoms with van der Waals surface area (Å²) in [7, 11) is -3.61. The number of aliphatic hydroxyl groups excluding tert-OH is 1. The van der Waals surface area contributed by atoms with E-state index in [-0.39, 0.29) is 19.2 Å². The SMILES string of the molecule is [CH2]CC(N)(CO)CCP(=O)(Oc1ccc(CCCCCCCC)cc1)Oc1ccc(CCCCCCCC)cc1. The summed E-state index contributed by atoms with van der Waals surface area (Å²) >= 11 is 0. The van der Waals surface area contributed by atoms with Crippen molar-refractivity contribution in [1.29, 1.82) is 0 Å². The van der Waals surface area contributed by atoms with Crippen molar-refractivity contribution in [2.24, 2.45) is 5.73 Å². The lowest BCUT2D eigenvalue weighted by atomic mass is 9.96. The molecule has 225 valence electrons. The molecule has 0 fully saturated rings. The zero-order valence-electron chi connectivity index (χ0n) is 25.3. The van der Waals surface area contributed by atoms with Crippen molar-refractivity contribution in [2.45, 2.75) is 122 Å². The van der Waals surface area contributed by atoms with Crippen LogP contribution in [-0.2, 0) is 17.4 Å². The van der Waals surface area contributed by atoms with Gasteiger partial charge in [0, 0.05) is 5.54 Å². The fourth-order valence-corrected chi connectivity index (χ4v) is 6.55. The number of unbranched alkanes of at least 4 members (excludes halogenated alkanes) is 10. The van der Waals surface area contributed by atoms with Gasteiger partial charge in [-0.05, 0) is 73.9 Å². The second-order valence-corrected chi connectivity index (χ2v) is 13.4. The van der Waals surface area contributed by atoms with E-state index in [1.165, 1.54) is 88.2 Å². The highest BCUT2D eigenvalue weighted by atomic mass is 31.2. The number of hydrogen-bond acceptors (Lipinski definition) is 5. The van der Waals surface area contributed by atoms with Crippen molar-refractivity contribution in [3.8, 4) is 11.5 Å². The Hall–Kier alpha value is -1.81. The van der Waals surface area contributed by atoms with Crippen LogP contribution in [0.25, 0.3) is 0 Å². The molecule has 6 heteroatoms. The van der Waals surface area contributed by atoms with Crippen LogP contribution in [0.4, 0.5) is 0 Å². The first-order valence-electron chi connectivity index (χ1n) is 15.7. The average molecular weight is 573 g/mol. The van der Waals surface area contributed by atoms with E-state index < -0.39 is 13.1 Å². The standard InChI is InChI=1S/C34H55NO4P/c1-4-7-9-11-13-15-17-30-19-23-32(24-20-30)38-40(37,28-27-34(35,6-3)29-36)39-33-25-21-31(22-26-33)18-16-14-12-10-8-5-2/h19-26,36H,3-18,27-29,35H2,1-2H3. The summed E-state index contributed by atoms with van der Waals surface area (Å²) in [6, 6.07) is 15.6. The van der Waals surface area contributed by atoms with Gasteiger partial charge in [0.15, 0.2) is 0 Å². The minimum absolute atomic E-state index is 0.0819. The molecule has 0 amide bonds. The van der Waals surface area contributed by atoms with E-state index in [0.29, 0.717) is 17.9 Å². The van der Waals surface area contributed by atoms with Crippen molar-refractivity contribution in [1.82, 2.24) is 0 Å². The maximum absolute atomic E-state index is 14.0. The highest BCUT2D eigenvalue weighted by molar-refractivity contribution is 7.54. The normalized spacial score (nSPS) is 13.2. The van der Waals surface area contributed by atoms with E-state index in [0.717, 1.165) is 12.8 Å². The summed E-state index contributed by atoms with van der Waals surface area (Å²) in [5, 5.41) is 9.75. The quantitative estimate of drug-likeness (QED) is 0.102. The monoisotopic (exact) mass is 572 g/mol. The van der Waals surface area contributed by atoms with Crippen molar-refractivity contribution in [2.75, 3.05) is 12.8 Å². The smallest absolute Gasteiger partial charge is 0.416 e. The summed E-state index contributed by atoms with van der Waals surface area (Å²) < 4.78 is 26.1. The van der Waals surface area contributed by atoms with E-state index in [9.17, 15) is 9.67 Å². The second kappa shape index (κ2) is 19.3. The minimum Gasteiger partial charge on any atom is -0.416 e. The third-order valence-corrected chi connectivity index (χ3v) is 9.42. The van der Waals surface area contributed by atoms with Crippen LogP contribution < -0.4 is 14.8 Å². The predicted octanol–water partition coefficient (Wildman–Crippen LogP) is 9.45. The third kappa shape index (κ3) is 13.7. The molecule has 0 aromatic heterocycles. The van der Waals surface area contributed by atoms with Gasteiger partial charge >= 0.3 is 7.60 Å². The molecule has 1 atom stereocenters. The molecular weight excluding hydrogens is 517 g/mol. The molecule has 1 unspecified atom stereocenters. The van der Waals surface area contributed by atoms with Crippen LogP contribution in [0.3, 0.4) is 0 Å². The lowest BCUT2D eigenvalue weighted by Gasteiger charge is -2.28. The van der Waals surface area contributed by atoms with E-state index >= 15 is 0 Å². The Kier molecular flexibility index (Phi) is 16.6. The molecule has 1 radical (unpaired) electrons. The summed E-state index contributed by atoms with van der Waals surface area (Å²) in [6.07, 6.45) is 17.9. The first-order chi connectivity index (χ1) is 19.3. The summed E-state index contributed by atoms with van der Waals surface area (Å²) in [6.45, 7) is 8.09. The zero-order valence-corrected chi connectivity index (χ0v) is 26.1. The number of benzene rings is 2. The Bertz CT molecular complexity index is 891. The molecule has 5 nitrogen and oxygen atoms in total. The molecule has 0 saturated heterocycles. The van der Waals surface area contributed by atoms with Crippen molar-refractivity contribution >= 4 is 7.60 Å². The molecular formula is C34H55NO4P. The molecule has 2 aromatic carbocycles. The molecule has 0 aliphatic carbocycles. The largest absolute Gasteiger partial charge is 0.430 e. The number of aryl methyl sites for hydroxylation is 2. The van der Waals surface area contributed by atoms with E-state index in [1.807, 2.05) is 48.5 Å². The molecule has 40 heavy (non-hydrogen) atoms. The van der Waals surface area contributed by atoms with Crippen LogP contribution in [0.15, 0.2) is 48.5 Å². The van der Waals surface area contributed by atoms with Gasteiger partial charge in [0.05, 0.1) is 12.8 Å². The van der Waals surface area contributed by atoms with Crippen molar-refractivity contribution < 1.29 is 18.7 Å². The van der Waals surface area contributed by atoms with Crippen LogP contribution >= 0.6 is 7.60 Å². The minimum atomic E-state index is -3.61. The van der Waals surface area contributed by atoms with Gasteiger partial charge in [0.2, 0.25) is 0 Å². The Morgan fingerprint density at radius 3 is 1.50 bits per heavy atom. The first-order valence-corrected chi connectivity index (χ1v) is 17.4. The maximum atomic E-state index is 14.0.